The van der Waals surface area contributed by atoms with E-state index in [9.17, 15) is 0 Å². The molecule has 0 atom stereocenters. The van der Waals surface area contributed by atoms with Crippen molar-refractivity contribution in [2.24, 2.45) is 10.9 Å². The minimum atomic E-state index is 0.457. The maximum Gasteiger partial charge on any atom is 0.237 e. The predicted molar refractivity (Wildman–Crippen MR) is 48.9 cm³/mol. The lowest BCUT2D eigenvalue weighted by Gasteiger charge is -2.03. The third kappa shape index (κ3) is 1.75. The number of methoxy groups -OCH3 is 1. The molecule has 0 aromatic heterocycles. The van der Waals surface area contributed by atoms with Gasteiger partial charge in [0.05, 0.1) is 7.11 Å². The summed E-state index contributed by atoms with van der Waals surface area (Å²) in [5.41, 5.74) is 2.06. The Morgan fingerprint density at radius 3 is 2.75 bits per heavy atom. The molecular formula is C9H12N2O. The van der Waals surface area contributed by atoms with Crippen LogP contribution in [0.5, 0.6) is 0 Å². The van der Waals surface area contributed by atoms with Crippen LogP contribution in [0.3, 0.4) is 0 Å². The van der Waals surface area contributed by atoms with Gasteiger partial charge in [0, 0.05) is 5.56 Å². The van der Waals surface area contributed by atoms with Crippen LogP contribution >= 0.6 is 0 Å². The summed E-state index contributed by atoms with van der Waals surface area (Å²) in [5.74, 6) is 5.59. The van der Waals surface area contributed by atoms with Crippen LogP contribution in [-0.4, -0.2) is 13.0 Å². The zero-order valence-corrected chi connectivity index (χ0v) is 7.24. The Labute approximate surface area is 71.8 Å². The molecule has 0 bridgehead atoms. The zero-order valence-electron chi connectivity index (χ0n) is 7.24. The summed E-state index contributed by atoms with van der Waals surface area (Å²) in [5, 5.41) is 3.51. The lowest BCUT2D eigenvalue weighted by atomic mass is 10.1. The largest absolute Gasteiger partial charge is 0.480 e. The van der Waals surface area contributed by atoms with Gasteiger partial charge in [-0.1, -0.05) is 17.7 Å². The number of nitrogens with two attached hydrogens (primary N) is 1. The van der Waals surface area contributed by atoms with Crippen LogP contribution in [0.4, 0.5) is 0 Å². The van der Waals surface area contributed by atoms with E-state index in [2.05, 4.69) is 5.10 Å². The maximum absolute atomic E-state index is 5.13. The first-order valence-electron chi connectivity index (χ1n) is 3.67. The number of ether oxygens (including phenoxy) is 1. The second-order valence-electron chi connectivity index (χ2n) is 2.51. The zero-order chi connectivity index (χ0) is 8.97. The van der Waals surface area contributed by atoms with E-state index in [-0.39, 0.29) is 0 Å². The van der Waals surface area contributed by atoms with Crippen molar-refractivity contribution in [3.63, 3.8) is 0 Å². The third-order valence-electron chi connectivity index (χ3n) is 1.58. The van der Waals surface area contributed by atoms with Crippen LogP contribution in [0, 0.1) is 6.92 Å². The molecule has 0 saturated carbocycles. The summed E-state index contributed by atoms with van der Waals surface area (Å²) >= 11 is 0. The third-order valence-corrected chi connectivity index (χ3v) is 1.58. The first-order valence-corrected chi connectivity index (χ1v) is 3.67. The summed E-state index contributed by atoms with van der Waals surface area (Å²) in [6.45, 7) is 2.01. The highest BCUT2D eigenvalue weighted by Crippen LogP contribution is 2.05. The molecule has 0 spiro atoms. The fourth-order valence-electron chi connectivity index (χ4n) is 1.02. The molecule has 0 aliphatic carbocycles. The van der Waals surface area contributed by atoms with Crippen LogP contribution in [0.1, 0.15) is 11.1 Å². The van der Waals surface area contributed by atoms with E-state index in [0.29, 0.717) is 5.90 Å². The maximum atomic E-state index is 5.13. The van der Waals surface area contributed by atoms with E-state index >= 15 is 0 Å². The highest BCUT2D eigenvalue weighted by Gasteiger charge is 2.01. The van der Waals surface area contributed by atoms with Gasteiger partial charge in [-0.05, 0) is 19.1 Å². The highest BCUT2D eigenvalue weighted by molar-refractivity contribution is 5.93. The Morgan fingerprint density at radius 1 is 1.50 bits per heavy atom. The summed E-state index contributed by atoms with van der Waals surface area (Å²) in [7, 11) is 1.55. The monoisotopic (exact) mass is 164 g/mol. The van der Waals surface area contributed by atoms with Gasteiger partial charge >= 0.3 is 0 Å². The van der Waals surface area contributed by atoms with Crippen LogP contribution in [0.2, 0.25) is 0 Å². The lowest BCUT2D eigenvalue weighted by Crippen LogP contribution is -2.06. The number of aryl methyl sites for hydroxylation is 1. The number of hydrazone groups is 1. The molecule has 64 valence electrons. The van der Waals surface area contributed by atoms with E-state index in [4.69, 9.17) is 10.6 Å². The normalized spacial score (nSPS) is 11.3. The van der Waals surface area contributed by atoms with Gasteiger partial charge < -0.3 is 10.6 Å². The topological polar surface area (TPSA) is 47.6 Å². The molecule has 1 rings (SSSR count). The van der Waals surface area contributed by atoms with Gasteiger partial charge in [0.15, 0.2) is 0 Å². The van der Waals surface area contributed by atoms with Crippen molar-refractivity contribution in [3.05, 3.63) is 35.4 Å². The van der Waals surface area contributed by atoms with Crippen molar-refractivity contribution in [1.82, 2.24) is 0 Å². The van der Waals surface area contributed by atoms with Crippen LogP contribution < -0.4 is 5.84 Å². The minimum Gasteiger partial charge on any atom is -0.480 e. The smallest absolute Gasteiger partial charge is 0.237 e. The number of nitrogens with zero attached hydrogens (tertiary/aromatic N) is 1. The van der Waals surface area contributed by atoms with E-state index < -0.39 is 0 Å². The van der Waals surface area contributed by atoms with Crippen molar-refractivity contribution in [2.45, 2.75) is 6.92 Å². The molecule has 2 N–H and O–H groups in total. The average molecular weight is 164 g/mol. The van der Waals surface area contributed by atoms with Crippen molar-refractivity contribution in [1.29, 1.82) is 0 Å². The lowest BCUT2D eigenvalue weighted by molar-refractivity contribution is 0.403. The Kier molecular flexibility index (Phi) is 2.69. The standard InChI is InChI=1S/C9H12N2O/c1-7-4-3-5-8(6-7)9(11-10)12-2/h3-6H,10H2,1-2H3/b11-9+. The fraction of sp³-hybridized carbons (Fsp3) is 0.222. The SMILES string of the molecule is CO/C(=N/N)c1cccc(C)c1. The van der Waals surface area contributed by atoms with Crippen molar-refractivity contribution in [3.8, 4) is 0 Å². The minimum absolute atomic E-state index is 0.457. The van der Waals surface area contributed by atoms with Gasteiger partial charge in [-0.15, -0.1) is 5.10 Å². The molecule has 0 amide bonds. The fourth-order valence-corrected chi connectivity index (χ4v) is 1.02. The number of benzene rings is 1. The Hall–Kier alpha value is -1.51. The van der Waals surface area contributed by atoms with E-state index in [1.165, 1.54) is 0 Å². The first-order chi connectivity index (χ1) is 5.77. The first kappa shape index (κ1) is 8.59. The molecule has 0 aliphatic heterocycles. The predicted octanol–water partition coefficient (Wildman–Crippen LogP) is 1.26. The van der Waals surface area contributed by atoms with Gasteiger partial charge in [-0.2, -0.15) is 0 Å². The van der Waals surface area contributed by atoms with Gasteiger partial charge in [0.2, 0.25) is 5.90 Å². The second-order valence-corrected chi connectivity index (χ2v) is 2.51. The molecule has 0 fully saturated rings. The van der Waals surface area contributed by atoms with E-state index in [1.807, 2.05) is 31.2 Å². The molecule has 0 radical (unpaired) electrons. The number of rotatable bonds is 1. The van der Waals surface area contributed by atoms with Crippen molar-refractivity contribution >= 4 is 5.90 Å². The molecule has 1 aromatic rings. The van der Waals surface area contributed by atoms with Crippen LogP contribution in [0.25, 0.3) is 0 Å². The average Bonchev–Trinajstić information content (AvgIpc) is 2.07. The van der Waals surface area contributed by atoms with E-state index in [0.717, 1.165) is 11.1 Å². The van der Waals surface area contributed by atoms with Gasteiger partial charge in [-0.25, -0.2) is 0 Å². The molecule has 0 saturated heterocycles. The summed E-state index contributed by atoms with van der Waals surface area (Å²) in [6, 6.07) is 7.82. The molecule has 0 unspecified atom stereocenters. The second kappa shape index (κ2) is 3.76. The highest BCUT2D eigenvalue weighted by atomic mass is 16.5. The molecule has 3 nitrogen and oxygen atoms in total. The Morgan fingerprint density at radius 2 is 2.25 bits per heavy atom. The van der Waals surface area contributed by atoms with Crippen LogP contribution in [-0.2, 0) is 4.74 Å². The van der Waals surface area contributed by atoms with Crippen LogP contribution in [0.15, 0.2) is 29.4 Å². The molecule has 3 heteroatoms. The summed E-state index contributed by atoms with van der Waals surface area (Å²) in [6.07, 6.45) is 0. The van der Waals surface area contributed by atoms with Crippen molar-refractivity contribution in [2.75, 3.05) is 7.11 Å². The number of hydrogen-bond acceptors (Lipinski definition) is 3. The molecular weight excluding hydrogens is 152 g/mol. The Balaban J connectivity index is 3.02. The molecule has 12 heavy (non-hydrogen) atoms. The molecule has 1 aromatic carbocycles. The molecule has 0 aliphatic rings. The van der Waals surface area contributed by atoms with Gasteiger partial charge in [0.1, 0.15) is 0 Å². The van der Waals surface area contributed by atoms with Crippen molar-refractivity contribution < 1.29 is 4.74 Å². The Bertz CT molecular complexity index is 294. The number of hydrogen-bond donors (Lipinski definition) is 1. The molecule has 0 heterocycles. The summed E-state index contributed by atoms with van der Waals surface area (Å²) in [4.78, 5) is 0. The van der Waals surface area contributed by atoms with E-state index in [1.54, 1.807) is 7.11 Å². The van der Waals surface area contributed by atoms with Gasteiger partial charge in [-0.3, -0.25) is 0 Å². The quantitative estimate of drug-likeness (QED) is 0.294. The summed E-state index contributed by atoms with van der Waals surface area (Å²) < 4.78 is 4.97. The van der Waals surface area contributed by atoms with Gasteiger partial charge in [0.25, 0.3) is 0 Å².